The van der Waals surface area contributed by atoms with Gasteiger partial charge < -0.3 is 14.9 Å². The molecule has 0 saturated heterocycles. The summed E-state index contributed by atoms with van der Waals surface area (Å²) in [5, 5.41) is 0. The summed E-state index contributed by atoms with van der Waals surface area (Å²) in [6.07, 6.45) is 18.2. The zero-order valence-corrected chi connectivity index (χ0v) is 29.8. The van der Waals surface area contributed by atoms with Crippen LogP contribution in [0, 0.1) is 50.4 Å². The van der Waals surface area contributed by atoms with Crippen LogP contribution in [-0.4, -0.2) is 8.07 Å². The van der Waals surface area contributed by atoms with E-state index in [-0.39, 0.29) is 14.9 Å². The van der Waals surface area contributed by atoms with Crippen molar-refractivity contribution >= 4 is 25.1 Å². The third-order valence-corrected chi connectivity index (χ3v) is 16.7. The third kappa shape index (κ3) is 7.41. The second kappa shape index (κ2) is 15.8. The van der Waals surface area contributed by atoms with Gasteiger partial charge in [-0.05, 0) is 83.8 Å². The predicted octanol–water partition coefficient (Wildman–Crippen LogP) is 12.0. The molecule has 0 heterocycles. The Bertz CT molecular complexity index is 771. The number of hydrogen-bond acceptors (Lipinski definition) is 0. The summed E-state index contributed by atoms with van der Waals surface area (Å²) in [6, 6.07) is 11.6. The zero-order valence-electron chi connectivity index (χ0n) is 24.8. The number of halogens is 2. The first-order valence-corrected chi connectivity index (χ1v) is 24.4. The monoisotopic (exact) mass is 640 g/mol. The second-order valence-corrected chi connectivity index (χ2v) is 22.1. The molecule has 9 atom stereocenters. The molecule has 0 bridgehead atoms. The first-order valence-electron chi connectivity index (χ1n) is 14.9. The van der Waals surface area contributed by atoms with Crippen molar-refractivity contribution in [1.29, 1.82) is 0 Å². The molecule has 4 aliphatic carbocycles. The van der Waals surface area contributed by atoms with E-state index in [9.17, 15) is 0 Å². The summed E-state index contributed by atoms with van der Waals surface area (Å²) in [6.45, 7) is 10.8. The van der Waals surface area contributed by atoms with E-state index < -0.39 is 28.9 Å². The molecule has 37 heavy (non-hydrogen) atoms. The summed E-state index contributed by atoms with van der Waals surface area (Å²) in [5.74, 6) is 7.09. The molecule has 4 heteroatoms. The van der Waals surface area contributed by atoms with Gasteiger partial charge >= 0.3 is 37.9 Å². The van der Waals surface area contributed by atoms with Crippen LogP contribution in [0.1, 0.15) is 102 Å². The maximum absolute atomic E-state index is 4.93. The van der Waals surface area contributed by atoms with Gasteiger partial charge in [0, 0.05) is 0 Å². The second-order valence-electron chi connectivity index (χ2n) is 13.2. The normalized spacial score (nSPS) is 35.4. The first-order chi connectivity index (χ1) is 16.9. The van der Waals surface area contributed by atoms with Gasteiger partial charge in [0.1, 0.15) is 0 Å². The van der Waals surface area contributed by atoms with Crippen LogP contribution in [0.3, 0.4) is 0 Å². The number of hydrogen-bond donors (Lipinski definition) is 0. The molecule has 4 aliphatic rings. The van der Waals surface area contributed by atoms with Gasteiger partial charge in [-0.3, -0.25) is 0 Å². The average Bonchev–Trinajstić information content (AvgIpc) is 3.48. The minimum absolute atomic E-state index is 0. The van der Waals surface area contributed by atoms with Crippen LogP contribution in [0.5, 0.6) is 0 Å². The van der Waals surface area contributed by atoms with Gasteiger partial charge in [-0.15, -0.1) is 0 Å². The molecule has 9 unspecified atom stereocenters. The minimum atomic E-state index is -1.29. The van der Waals surface area contributed by atoms with Crippen LogP contribution in [-0.2, 0) is 20.8 Å². The summed E-state index contributed by atoms with van der Waals surface area (Å²) >= 11 is -0.826. The van der Waals surface area contributed by atoms with Gasteiger partial charge in [-0.25, -0.2) is 0 Å². The van der Waals surface area contributed by atoms with Crippen molar-refractivity contribution in [3.8, 4) is 0 Å². The van der Waals surface area contributed by atoms with E-state index in [1.165, 1.54) is 44.9 Å². The van der Waals surface area contributed by atoms with Gasteiger partial charge in [0.25, 0.3) is 0 Å². The standard InChI is InChI=1S/C31H50Si.2CH3.2ClH.Zr/c1-5-12-22(2)29-21-31(28-16-10-9-15-25(28)29)32(3,4)30-20-19-26-24(17-11-18-27(26)30)23-13-7-6-8-14-23;;;;;/h6-8,13-14,22,24-31H,5,9-12,15-21H2,1-4H3;2*1H3;2*1H;/q;2*-1;;;+4/p-2. The average molecular weight is 643 g/mol. The number of fused-ring (bicyclic) bond motifs is 2. The van der Waals surface area contributed by atoms with Gasteiger partial charge in [0.15, 0.2) is 0 Å². The Morgan fingerprint density at radius 3 is 2.05 bits per heavy atom. The molecular weight excluding hydrogens is 587 g/mol. The molecule has 0 amide bonds. The van der Waals surface area contributed by atoms with E-state index in [4.69, 9.17) is 17.0 Å². The Morgan fingerprint density at radius 1 is 0.811 bits per heavy atom. The molecule has 210 valence electrons. The van der Waals surface area contributed by atoms with Gasteiger partial charge in [0.2, 0.25) is 0 Å². The van der Waals surface area contributed by atoms with Crippen molar-refractivity contribution in [1.82, 2.24) is 0 Å². The van der Waals surface area contributed by atoms with Gasteiger partial charge in [-0.1, -0.05) is 109 Å². The Hall–Kier alpha value is 0.900. The van der Waals surface area contributed by atoms with E-state index in [0.29, 0.717) is 0 Å². The molecule has 0 radical (unpaired) electrons. The van der Waals surface area contributed by atoms with Gasteiger partial charge in [0.05, 0.1) is 8.07 Å². The van der Waals surface area contributed by atoms with E-state index >= 15 is 0 Å². The van der Waals surface area contributed by atoms with Gasteiger partial charge in [-0.2, -0.15) is 0 Å². The van der Waals surface area contributed by atoms with Crippen molar-refractivity contribution in [2.24, 2.45) is 35.5 Å². The van der Waals surface area contributed by atoms with Crippen LogP contribution in [0.15, 0.2) is 30.3 Å². The fraction of sp³-hybridized carbons (Fsp3) is 0.758. The van der Waals surface area contributed by atoms with Crippen molar-refractivity contribution in [3.63, 3.8) is 0 Å². The number of benzene rings is 1. The van der Waals surface area contributed by atoms with E-state index in [2.05, 4.69) is 57.3 Å². The zero-order chi connectivity index (χ0) is 25.0. The fourth-order valence-electron chi connectivity index (χ4n) is 10.2. The molecule has 5 rings (SSSR count). The molecule has 0 aromatic heterocycles. The topological polar surface area (TPSA) is 0 Å². The summed E-state index contributed by atoms with van der Waals surface area (Å²) in [5.41, 5.74) is 3.88. The third-order valence-electron chi connectivity index (χ3n) is 11.5. The Kier molecular flexibility index (Phi) is 14.5. The van der Waals surface area contributed by atoms with Crippen molar-refractivity contribution < 1.29 is 20.8 Å². The molecular formula is C33H56Cl2SiZr. The Labute approximate surface area is 251 Å². The molecule has 0 aliphatic heterocycles. The van der Waals surface area contributed by atoms with Crippen LogP contribution >= 0.6 is 17.0 Å². The van der Waals surface area contributed by atoms with Crippen LogP contribution in [0.4, 0.5) is 0 Å². The molecule has 4 saturated carbocycles. The Balaban J connectivity index is 0.000000919. The Morgan fingerprint density at radius 2 is 1.41 bits per heavy atom. The summed E-state index contributed by atoms with van der Waals surface area (Å²) < 4.78 is 0. The SMILES string of the molecule is CCCC(C)C1CC([Si](C)(C)C2CCC3C(c4ccccc4)CCCC32)C2CCCCC12.[CH3-].[CH3-].[Cl][Zr+2][Cl]. The molecule has 1 aromatic rings. The molecule has 0 nitrogen and oxygen atoms in total. The fourth-order valence-corrected chi connectivity index (χ4v) is 15.5. The van der Waals surface area contributed by atoms with E-state index in [0.717, 1.165) is 52.5 Å². The van der Waals surface area contributed by atoms with Crippen molar-refractivity contribution in [2.45, 2.75) is 121 Å². The van der Waals surface area contributed by atoms with Crippen molar-refractivity contribution in [2.75, 3.05) is 0 Å². The molecule has 1 aromatic carbocycles. The molecule has 0 N–H and O–H groups in total. The maximum atomic E-state index is 4.93. The predicted molar refractivity (Wildman–Crippen MR) is 166 cm³/mol. The molecule has 4 fully saturated rings. The summed E-state index contributed by atoms with van der Waals surface area (Å²) in [7, 11) is 8.57. The molecule has 0 spiro atoms. The van der Waals surface area contributed by atoms with E-state index in [1.807, 2.05) is 0 Å². The van der Waals surface area contributed by atoms with Crippen LogP contribution in [0.25, 0.3) is 0 Å². The van der Waals surface area contributed by atoms with Crippen LogP contribution in [0.2, 0.25) is 24.2 Å². The van der Waals surface area contributed by atoms with Crippen LogP contribution < -0.4 is 0 Å². The van der Waals surface area contributed by atoms with E-state index in [1.54, 1.807) is 37.7 Å². The number of rotatable bonds is 6. The quantitative estimate of drug-likeness (QED) is 0.214. The first kappa shape index (κ1) is 34.1. The summed E-state index contributed by atoms with van der Waals surface area (Å²) in [4.78, 5) is 0. The van der Waals surface area contributed by atoms with Crippen molar-refractivity contribution in [3.05, 3.63) is 50.7 Å².